The number of β-amino-alcohol motifs (C(OH)–C–C–N with tert-alkyl or cyclic N) is 1. The van der Waals surface area contributed by atoms with Crippen LogP contribution in [0.15, 0.2) is 48.5 Å². The minimum Gasteiger partial charge on any atom is -0.387 e. The summed E-state index contributed by atoms with van der Waals surface area (Å²) in [7, 11) is 0. The lowest BCUT2D eigenvalue weighted by Crippen LogP contribution is -2.40. The third-order valence-electron chi connectivity index (χ3n) is 4.50. The van der Waals surface area contributed by atoms with Gasteiger partial charge in [-0.3, -0.25) is 0 Å². The summed E-state index contributed by atoms with van der Waals surface area (Å²) in [6, 6.07) is 17.2. The van der Waals surface area contributed by atoms with E-state index in [2.05, 4.69) is 55.1 Å². The Bertz CT molecular complexity index is 605. The Hall–Kier alpha value is -1.80. The van der Waals surface area contributed by atoms with Crippen LogP contribution < -0.4 is 4.90 Å². The molecule has 0 saturated carbocycles. The van der Waals surface area contributed by atoms with Crippen LogP contribution in [-0.4, -0.2) is 17.7 Å². The van der Waals surface area contributed by atoms with Crippen LogP contribution >= 0.6 is 0 Å². The summed E-state index contributed by atoms with van der Waals surface area (Å²) in [6.07, 6.45) is 1.84. The number of hydrogen-bond donors (Lipinski definition) is 1. The summed E-state index contributed by atoms with van der Waals surface area (Å²) >= 11 is 0. The van der Waals surface area contributed by atoms with Crippen molar-refractivity contribution in [3.8, 4) is 0 Å². The molecule has 21 heavy (non-hydrogen) atoms. The van der Waals surface area contributed by atoms with Crippen molar-refractivity contribution in [2.24, 2.45) is 0 Å². The third-order valence-corrected chi connectivity index (χ3v) is 4.50. The van der Waals surface area contributed by atoms with Crippen molar-refractivity contribution in [1.29, 1.82) is 0 Å². The van der Waals surface area contributed by atoms with Crippen molar-refractivity contribution < 1.29 is 5.11 Å². The minimum absolute atomic E-state index is 0.445. The van der Waals surface area contributed by atoms with Crippen LogP contribution in [0.2, 0.25) is 0 Å². The van der Waals surface area contributed by atoms with Crippen molar-refractivity contribution in [3.63, 3.8) is 0 Å². The van der Waals surface area contributed by atoms with E-state index in [1.807, 2.05) is 12.1 Å². The van der Waals surface area contributed by atoms with Crippen LogP contribution in [0.3, 0.4) is 0 Å². The van der Waals surface area contributed by atoms with Gasteiger partial charge >= 0.3 is 0 Å². The molecule has 0 amide bonds. The molecule has 2 aromatic carbocycles. The first kappa shape index (κ1) is 14.2. The van der Waals surface area contributed by atoms with E-state index < -0.39 is 6.10 Å². The zero-order valence-corrected chi connectivity index (χ0v) is 12.8. The fourth-order valence-electron chi connectivity index (χ4n) is 3.12. The molecule has 0 aromatic heterocycles. The fraction of sp³-hybridized carbons (Fsp3) is 0.368. The molecular formula is C19H23NO. The summed E-state index contributed by atoms with van der Waals surface area (Å²) in [5.74, 6) is 0. The predicted octanol–water partition coefficient (Wildman–Crippen LogP) is 3.87. The molecule has 0 fully saturated rings. The van der Waals surface area contributed by atoms with Gasteiger partial charge in [-0.1, -0.05) is 48.0 Å². The summed E-state index contributed by atoms with van der Waals surface area (Å²) in [6.45, 7) is 4.97. The van der Waals surface area contributed by atoms with Gasteiger partial charge in [0.2, 0.25) is 0 Å². The minimum atomic E-state index is -0.445. The molecular weight excluding hydrogens is 258 g/mol. The van der Waals surface area contributed by atoms with Gasteiger partial charge in [-0.2, -0.15) is 0 Å². The lowest BCUT2D eigenvalue weighted by molar-refractivity contribution is 0.179. The lowest BCUT2D eigenvalue weighted by Gasteiger charge is -2.38. The average molecular weight is 281 g/mol. The highest BCUT2D eigenvalue weighted by atomic mass is 16.3. The van der Waals surface area contributed by atoms with E-state index in [0.29, 0.717) is 12.6 Å². The molecule has 2 aromatic rings. The van der Waals surface area contributed by atoms with E-state index in [0.717, 1.165) is 18.4 Å². The Morgan fingerprint density at radius 1 is 1.14 bits per heavy atom. The maximum atomic E-state index is 10.6. The topological polar surface area (TPSA) is 23.5 Å². The number of aliphatic hydroxyl groups is 1. The fourth-order valence-corrected chi connectivity index (χ4v) is 3.12. The molecule has 2 unspecified atom stereocenters. The van der Waals surface area contributed by atoms with Crippen molar-refractivity contribution in [1.82, 2.24) is 0 Å². The largest absolute Gasteiger partial charge is 0.387 e. The van der Waals surface area contributed by atoms with E-state index in [-0.39, 0.29) is 0 Å². The molecule has 0 bridgehead atoms. The van der Waals surface area contributed by atoms with Gasteiger partial charge in [0.15, 0.2) is 0 Å². The Labute approximate surface area is 127 Å². The summed E-state index contributed by atoms with van der Waals surface area (Å²) in [5.41, 5.74) is 4.90. The highest BCUT2D eigenvalue weighted by molar-refractivity contribution is 5.56. The first-order valence-corrected chi connectivity index (χ1v) is 7.74. The van der Waals surface area contributed by atoms with E-state index in [1.54, 1.807) is 0 Å². The first-order chi connectivity index (χ1) is 10.1. The van der Waals surface area contributed by atoms with Crippen molar-refractivity contribution in [3.05, 3.63) is 65.2 Å². The van der Waals surface area contributed by atoms with Crippen LogP contribution in [0.1, 0.15) is 36.1 Å². The van der Waals surface area contributed by atoms with Gasteiger partial charge in [0, 0.05) is 18.3 Å². The third kappa shape index (κ3) is 2.96. The number of hydrogen-bond acceptors (Lipinski definition) is 2. The predicted molar refractivity (Wildman–Crippen MR) is 87.7 cm³/mol. The summed E-state index contributed by atoms with van der Waals surface area (Å²) in [4.78, 5) is 2.35. The number of rotatable bonds is 3. The standard InChI is InChI=1S/C19H23NO/c1-14-7-10-17(11-8-14)19(21)13-20-15(2)9-12-16-5-3-4-6-18(16)20/h3-8,10-11,15,19,21H,9,12-13H2,1-2H3. The molecule has 110 valence electrons. The van der Waals surface area contributed by atoms with Crippen LogP contribution in [0, 0.1) is 6.92 Å². The maximum absolute atomic E-state index is 10.6. The second-order valence-corrected chi connectivity index (χ2v) is 6.10. The molecule has 1 aliphatic rings. The van der Waals surface area contributed by atoms with Crippen molar-refractivity contribution in [2.75, 3.05) is 11.4 Å². The molecule has 0 spiro atoms. The highest BCUT2D eigenvalue weighted by Gasteiger charge is 2.24. The van der Waals surface area contributed by atoms with Gasteiger partial charge < -0.3 is 10.0 Å². The Morgan fingerprint density at radius 2 is 1.86 bits per heavy atom. The van der Waals surface area contributed by atoms with E-state index >= 15 is 0 Å². The number of aliphatic hydroxyl groups excluding tert-OH is 1. The van der Waals surface area contributed by atoms with Gasteiger partial charge in [0.25, 0.3) is 0 Å². The zero-order chi connectivity index (χ0) is 14.8. The normalized spacial score (nSPS) is 19.2. The summed E-state index contributed by atoms with van der Waals surface area (Å²) < 4.78 is 0. The van der Waals surface area contributed by atoms with Crippen molar-refractivity contribution >= 4 is 5.69 Å². The smallest absolute Gasteiger partial charge is 0.0964 e. The second kappa shape index (κ2) is 5.90. The molecule has 1 N–H and O–H groups in total. The number of anilines is 1. The van der Waals surface area contributed by atoms with Gasteiger partial charge in [-0.25, -0.2) is 0 Å². The monoisotopic (exact) mass is 281 g/mol. The van der Waals surface area contributed by atoms with E-state index in [1.165, 1.54) is 16.8 Å². The maximum Gasteiger partial charge on any atom is 0.0964 e. The molecule has 1 aliphatic heterocycles. The molecule has 1 heterocycles. The quantitative estimate of drug-likeness (QED) is 0.923. The SMILES string of the molecule is Cc1ccc(C(O)CN2c3ccccc3CCC2C)cc1. The van der Waals surface area contributed by atoms with Crippen LogP contribution in [0.25, 0.3) is 0 Å². The van der Waals surface area contributed by atoms with Gasteiger partial charge in [-0.15, -0.1) is 0 Å². The number of para-hydroxylation sites is 1. The second-order valence-electron chi connectivity index (χ2n) is 6.10. The van der Waals surface area contributed by atoms with Crippen LogP contribution in [0.4, 0.5) is 5.69 Å². The first-order valence-electron chi connectivity index (χ1n) is 7.74. The summed E-state index contributed by atoms with van der Waals surface area (Å²) in [5, 5.41) is 10.6. The highest BCUT2D eigenvalue weighted by Crippen LogP contribution is 2.32. The van der Waals surface area contributed by atoms with E-state index in [9.17, 15) is 5.11 Å². The lowest BCUT2D eigenvalue weighted by atomic mass is 9.95. The Morgan fingerprint density at radius 3 is 2.62 bits per heavy atom. The number of fused-ring (bicyclic) bond motifs is 1. The molecule has 2 atom stereocenters. The van der Waals surface area contributed by atoms with Gasteiger partial charge in [0.1, 0.15) is 0 Å². The Kier molecular flexibility index (Phi) is 3.98. The molecule has 0 saturated heterocycles. The van der Waals surface area contributed by atoms with Gasteiger partial charge in [-0.05, 0) is 43.9 Å². The van der Waals surface area contributed by atoms with Gasteiger partial charge in [0.05, 0.1) is 6.10 Å². The van der Waals surface area contributed by atoms with E-state index in [4.69, 9.17) is 0 Å². The molecule has 0 radical (unpaired) electrons. The van der Waals surface area contributed by atoms with Crippen LogP contribution in [-0.2, 0) is 6.42 Å². The number of nitrogens with zero attached hydrogens (tertiary/aromatic N) is 1. The zero-order valence-electron chi connectivity index (χ0n) is 12.8. The molecule has 2 heteroatoms. The number of benzene rings is 2. The Balaban J connectivity index is 1.82. The molecule has 2 nitrogen and oxygen atoms in total. The van der Waals surface area contributed by atoms with Crippen LogP contribution in [0.5, 0.6) is 0 Å². The van der Waals surface area contributed by atoms with Crippen molar-refractivity contribution in [2.45, 2.75) is 38.8 Å². The average Bonchev–Trinajstić information content (AvgIpc) is 2.51. The molecule has 0 aliphatic carbocycles. The molecule has 3 rings (SSSR count). The number of aryl methyl sites for hydroxylation is 2.